The summed E-state index contributed by atoms with van der Waals surface area (Å²) >= 11 is 1.62. The minimum Gasteiger partial charge on any atom is -0.336 e. The highest BCUT2D eigenvalue weighted by molar-refractivity contribution is 7.15. The van der Waals surface area contributed by atoms with E-state index in [0.29, 0.717) is 35.6 Å². The van der Waals surface area contributed by atoms with Crippen molar-refractivity contribution >= 4 is 22.9 Å². The number of halogens is 1. The molecule has 4 heterocycles. The Hall–Kier alpha value is -3.10. The Kier molecular flexibility index (Phi) is 5.25. The molecule has 0 atom stereocenters. The smallest absolute Gasteiger partial charge is 0.259 e. The summed E-state index contributed by atoms with van der Waals surface area (Å²) in [6.45, 7) is 5.57. The van der Waals surface area contributed by atoms with E-state index in [-0.39, 0.29) is 11.7 Å². The monoisotopic (exact) mass is 435 g/mol. The lowest BCUT2D eigenvalue weighted by Crippen LogP contribution is -2.48. The van der Waals surface area contributed by atoms with Crippen LogP contribution in [0.3, 0.4) is 0 Å². The molecule has 31 heavy (non-hydrogen) atoms. The third kappa shape index (κ3) is 3.84. The van der Waals surface area contributed by atoms with Crippen LogP contribution >= 0.6 is 11.3 Å². The minimum atomic E-state index is -0.194. The standard InChI is InChI=1S/C23H22FN5OS/c1-16-21(22-25-9-4-10-29(22)26-16)23(30)28-13-11-27(12-14-28)15-17-7-8-20(31-17)18-5-2-3-6-19(18)24/h2-10H,11-15H2,1H3. The number of benzene rings is 1. The molecule has 3 aromatic heterocycles. The summed E-state index contributed by atoms with van der Waals surface area (Å²) in [5.41, 5.74) is 2.53. The topological polar surface area (TPSA) is 53.7 Å². The Labute approximate surface area is 183 Å². The number of thiophene rings is 1. The molecule has 0 N–H and O–H groups in total. The van der Waals surface area contributed by atoms with Gasteiger partial charge < -0.3 is 4.90 Å². The lowest BCUT2D eigenvalue weighted by Gasteiger charge is -2.34. The predicted molar refractivity (Wildman–Crippen MR) is 119 cm³/mol. The van der Waals surface area contributed by atoms with Gasteiger partial charge >= 0.3 is 0 Å². The van der Waals surface area contributed by atoms with Crippen LogP contribution in [0, 0.1) is 12.7 Å². The van der Waals surface area contributed by atoms with Crippen molar-refractivity contribution < 1.29 is 9.18 Å². The fraction of sp³-hybridized carbons (Fsp3) is 0.261. The van der Waals surface area contributed by atoms with Crippen LogP contribution in [0.1, 0.15) is 20.9 Å². The minimum absolute atomic E-state index is 0.0104. The van der Waals surface area contributed by atoms with E-state index in [1.807, 2.05) is 30.0 Å². The Balaban J connectivity index is 1.23. The van der Waals surface area contributed by atoms with Gasteiger partial charge in [-0.1, -0.05) is 18.2 Å². The number of rotatable bonds is 4. The third-order valence-corrected chi connectivity index (χ3v) is 6.73. The number of aryl methyl sites for hydroxylation is 1. The molecule has 0 aliphatic carbocycles. The van der Waals surface area contributed by atoms with Crippen LogP contribution in [0.2, 0.25) is 0 Å². The van der Waals surface area contributed by atoms with Crippen molar-refractivity contribution in [3.05, 3.63) is 76.8 Å². The molecule has 0 saturated carbocycles. The molecule has 1 fully saturated rings. The molecule has 0 radical (unpaired) electrons. The molecule has 1 aliphatic heterocycles. The van der Waals surface area contributed by atoms with Crippen molar-refractivity contribution in [2.45, 2.75) is 13.5 Å². The van der Waals surface area contributed by atoms with E-state index in [4.69, 9.17) is 0 Å². The van der Waals surface area contributed by atoms with E-state index in [1.165, 1.54) is 10.9 Å². The van der Waals surface area contributed by atoms with E-state index >= 15 is 0 Å². The van der Waals surface area contributed by atoms with E-state index in [1.54, 1.807) is 40.4 Å². The Morgan fingerprint density at radius 2 is 1.90 bits per heavy atom. The molecule has 8 heteroatoms. The fourth-order valence-corrected chi connectivity index (χ4v) is 5.08. The fourth-order valence-electron chi connectivity index (χ4n) is 4.00. The maximum Gasteiger partial charge on any atom is 0.259 e. The van der Waals surface area contributed by atoms with Crippen LogP contribution in [0.25, 0.3) is 16.1 Å². The van der Waals surface area contributed by atoms with Crippen molar-refractivity contribution in [1.82, 2.24) is 24.4 Å². The average molecular weight is 436 g/mol. The van der Waals surface area contributed by atoms with Crippen LogP contribution in [0.15, 0.2) is 54.9 Å². The second-order valence-corrected chi connectivity index (χ2v) is 8.83. The molecule has 4 aromatic rings. The van der Waals surface area contributed by atoms with E-state index in [0.717, 1.165) is 24.5 Å². The summed E-state index contributed by atoms with van der Waals surface area (Å²) in [5, 5.41) is 4.40. The summed E-state index contributed by atoms with van der Waals surface area (Å²) in [4.78, 5) is 23.8. The number of fused-ring (bicyclic) bond motifs is 1. The van der Waals surface area contributed by atoms with Crippen molar-refractivity contribution in [1.29, 1.82) is 0 Å². The van der Waals surface area contributed by atoms with Gasteiger partial charge in [-0.05, 0) is 31.2 Å². The molecule has 1 amide bonds. The van der Waals surface area contributed by atoms with Gasteiger partial charge in [0.05, 0.1) is 5.69 Å². The summed E-state index contributed by atoms with van der Waals surface area (Å²) < 4.78 is 15.7. The molecular weight excluding hydrogens is 413 g/mol. The number of hydrogen-bond donors (Lipinski definition) is 0. The van der Waals surface area contributed by atoms with E-state index < -0.39 is 0 Å². The number of nitrogens with zero attached hydrogens (tertiary/aromatic N) is 5. The van der Waals surface area contributed by atoms with Crippen LogP contribution in [-0.2, 0) is 6.54 Å². The molecule has 1 aromatic carbocycles. The quantitative estimate of drug-likeness (QED) is 0.488. The first-order valence-corrected chi connectivity index (χ1v) is 11.1. The van der Waals surface area contributed by atoms with Crippen LogP contribution in [0.4, 0.5) is 4.39 Å². The molecule has 6 nitrogen and oxygen atoms in total. The van der Waals surface area contributed by atoms with Gasteiger partial charge in [-0.2, -0.15) is 5.10 Å². The summed E-state index contributed by atoms with van der Waals surface area (Å²) in [7, 11) is 0. The molecule has 0 spiro atoms. The number of hydrogen-bond acceptors (Lipinski definition) is 5. The lowest BCUT2D eigenvalue weighted by atomic mass is 10.2. The SMILES string of the molecule is Cc1nn2cccnc2c1C(=O)N1CCN(Cc2ccc(-c3ccccc3F)s2)CC1. The highest BCUT2D eigenvalue weighted by Crippen LogP contribution is 2.30. The van der Waals surface area contributed by atoms with Crippen LogP contribution in [0.5, 0.6) is 0 Å². The van der Waals surface area contributed by atoms with Crippen molar-refractivity contribution in [2.75, 3.05) is 26.2 Å². The molecular formula is C23H22FN5OS. The zero-order valence-corrected chi connectivity index (χ0v) is 18.0. The predicted octanol–water partition coefficient (Wildman–Crippen LogP) is 3.86. The first-order valence-electron chi connectivity index (χ1n) is 10.3. The Morgan fingerprint density at radius 1 is 1.10 bits per heavy atom. The van der Waals surface area contributed by atoms with Crippen LogP contribution < -0.4 is 0 Å². The molecule has 5 rings (SSSR count). The van der Waals surface area contributed by atoms with Gasteiger partial charge in [0.1, 0.15) is 11.4 Å². The highest BCUT2D eigenvalue weighted by atomic mass is 32.1. The molecule has 158 valence electrons. The first kappa shape index (κ1) is 19.8. The lowest BCUT2D eigenvalue weighted by molar-refractivity contribution is 0.0630. The second-order valence-electron chi connectivity index (χ2n) is 7.66. The third-order valence-electron chi connectivity index (χ3n) is 5.62. The highest BCUT2D eigenvalue weighted by Gasteiger charge is 2.27. The number of carbonyl (C=O) groups is 1. The van der Waals surface area contributed by atoms with Gasteiger partial charge in [0.25, 0.3) is 5.91 Å². The Morgan fingerprint density at radius 3 is 2.71 bits per heavy atom. The van der Waals surface area contributed by atoms with Gasteiger partial charge in [0.15, 0.2) is 5.65 Å². The maximum atomic E-state index is 14.1. The van der Waals surface area contributed by atoms with Crippen LogP contribution in [-0.4, -0.2) is 56.5 Å². The van der Waals surface area contributed by atoms with Gasteiger partial charge in [-0.25, -0.2) is 13.9 Å². The summed E-state index contributed by atoms with van der Waals surface area (Å²) in [6, 6.07) is 12.7. The van der Waals surface area contributed by atoms with Crippen molar-refractivity contribution in [3.8, 4) is 10.4 Å². The molecule has 0 bridgehead atoms. The van der Waals surface area contributed by atoms with Gasteiger partial charge in [-0.15, -0.1) is 11.3 Å². The molecule has 0 unspecified atom stereocenters. The number of amides is 1. The average Bonchev–Trinajstić information content (AvgIpc) is 3.37. The van der Waals surface area contributed by atoms with Gasteiger partial charge in [0, 0.05) is 60.4 Å². The number of carbonyl (C=O) groups excluding carboxylic acids is 1. The van der Waals surface area contributed by atoms with Crippen molar-refractivity contribution in [3.63, 3.8) is 0 Å². The largest absolute Gasteiger partial charge is 0.336 e. The zero-order chi connectivity index (χ0) is 21.4. The van der Waals surface area contributed by atoms with Crippen molar-refractivity contribution in [2.24, 2.45) is 0 Å². The molecule has 1 aliphatic rings. The maximum absolute atomic E-state index is 14.1. The van der Waals surface area contributed by atoms with E-state index in [9.17, 15) is 9.18 Å². The number of piperazine rings is 1. The summed E-state index contributed by atoms with van der Waals surface area (Å²) in [6.07, 6.45) is 3.49. The molecule has 1 saturated heterocycles. The second kappa shape index (κ2) is 8.20. The van der Waals surface area contributed by atoms with Gasteiger partial charge in [-0.3, -0.25) is 9.69 Å². The summed E-state index contributed by atoms with van der Waals surface area (Å²) in [5.74, 6) is -0.204. The van der Waals surface area contributed by atoms with Gasteiger partial charge in [0.2, 0.25) is 0 Å². The first-order chi connectivity index (χ1) is 15.1. The zero-order valence-electron chi connectivity index (χ0n) is 17.2. The normalized spacial score (nSPS) is 15.0. The number of aromatic nitrogens is 3. The Bertz CT molecular complexity index is 1240. The van der Waals surface area contributed by atoms with E-state index in [2.05, 4.69) is 21.0 Å².